The van der Waals surface area contributed by atoms with Crippen LogP contribution in [-0.4, -0.2) is 59.8 Å². The molecule has 0 saturated carbocycles. The molecule has 0 N–H and O–H groups in total. The third kappa shape index (κ3) is 3.98. The third-order valence-electron chi connectivity index (χ3n) is 4.38. The van der Waals surface area contributed by atoms with E-state index in [9.17, 15) is 0 Å². The monoisotopic (exact) mass is 336 g/mol. The first-order valence-electron chi connectivity index (χ1n) is 8.01. The molecule has 1 aliphatic rings. The van der Waals surface area contributed by atoms with Crippen LogP contribution in [0.15, 0.2) is 22.0 Å². The van der Waals surface area contributed by atoms with E-state index in [0.717, 1.165) is 32.8 Å². The molecule has 0 unspecified atom stereocenters. The van der Waals surface area contributed by atoms with Crippen LogP contribution < -0.4 is 0 Å². The van der Waals surface area contributed by atoms with Gasteiger partial charge >= 0.3 is 0 Å². The number of nitrogens with zero attached hydrogens (tertiary/aromatic N) is 4. The highest BCUT2D eigenvalue weighted by Gasteiger charge is 2.27. The molecule has 0 aliphatic carbocycles. The number of aromatic nitrogens is 2. The number of morpholine rings is 1. The Morgan fingerprint density at radius 3 is 2.78 bits per heavy atom. The van der Waals surface area contributed by atoms with Gasteiger partial charge < -0.3 is 9.26 Å². The number of aryl methyl sites for hydroxylation is 1. The molecule has 1 saturated heterocycles. The van der Waals surface area contributed by atoms with Crippen LogP contribution in [0.3, 0.4) is 0 Å². The van der Waals surface area contributed by atoms with E-state index in [1.807, 2.05) is 18.3 Å². The summed E-state index contributed by atoms with van der Waals surface area (Å²) >= 11 is 1.82. The summed E-state index contributed by atoms with van der Waals surface area (Å²) < 4.78 is 10.8. The van der Waals surface area contributed by atoms with Crippen LogP contribution in [0.5, 0.6) is 0 Å². The van der Waals surface area contributed by atoms with Crippen molar-refractivity contribution >= 4 is 11.3 Å². The van der Waals surface area contributed by atoms with Crippen molar-refractivity contribution in [1.29, 1.82) is 0 Å². The molecule has 1 fully saturated rings. The van der Waals surface area contributed by atoms with E-state index >= 15 is 0 Å². The Labute approximate surface area is 141 Å². The van der Waals surface area contributed by atoms with Crippen molar-refractivity contribution in [1.82, 2.24) is 19.9 Å². The molecule has 23 heavy (non-hydrogen) atoms. The molecular weight excluding hydrogens is 312 g/mol. The summed E-state index contributed by atoms with van der Waals surface area (Å²) in [6.07, 6.45) is 0. The van der Waals surface area contributed by atoms with E-state index in [-0.39, 0.29) is 6.04 Å². The lowest BCUT2D eigenvalue weighted by Crippen LogP contribution is -2.43. The van der Waals surface area contributed by atoms with Crippen LogP contribution >= 0.6 is 11.3 Å². The number of likely N-dealkylation sites (N-methyl/N-ethyl adjacent to an activating group) is 1. The van der Waals surface area contributed by atoms with Gasteiger partial charge in [-0.15, -0.1) is 11.3 Å². The number of rotatable bonds is 6. The van der Waals surface area contributed by atoms with Crippen molar-refractivity contribution in [2.24, 2.45) is 0 Å². The van der Waals surface area contributed by atoms with E-state index in [1.165, 1.54) is 4.88 Å². The van der Waals surface area contributed by atoms with Crippen molar-refractivity contribution in [2.45, 2.75) is 25.9 Å². The lowest BCUT2D eigenvalue weighted by atomic mass is 10.1. The molecule has 0 bridgehead atoms. The summed E-state index contributed by atoms with van der Waals surface area (Å²) in [6, 6.07) is 4.81. The Balaban J connectivity index is 1.72. The molecule has 0 spiro atoms. The first-order chi connectivity index (χ1) is 11.1. The summed E-state index contributed by atoms with van der Waals surface area (Å²) in [5.41, 5.74) is 0. The Morgan fingerprint density at radius 1 is 1.39 bits per heavy atom. The first-order valence-corrected chi connectivity index (χ1v) is 8.88. The maximum atomic E-state index is 5.51. The zero-order chi connectivity index (χ0) is 16.2. The van der Waals surface area contributed by atoms with Crippen molar-refractivity contribution in [3.8, 4) is 0 Å². The highest BCUT2D eigenvalue weighted by molar-refractivity contribution is 7.10. The fourth-order valence-electron chi connectivity index (χ4n) is 2.86. The van der Waals surface area contributed by atoms with Crippen molar-refractivity contribution in [3.63, 3.8) is 0 Å². The highest BCUT2D eigenvalue weighted by Crippen LogP contribution is 2.29. The number of ether oxygens (including phenoxy) is 1. The average molecular weight is 336 g/mol. The van der Waals surface area contributed by atoms with Crippen molar-refractivity contribution < 1.29 is 9.26 Å². The van der Waals surface area contributed by atoms with Gasteiger partial charge in [0.25, 0.3) is 0 Å². The third-order valence-corrected chi connectivity index (χ3v) is 5.35. The first kappa shape index (κ1) is 16.6. The molecular formula is C16H24N4O2S. The van der Waals surface area contributed by atoms with Crippen molar-refractivity contribution in [3.05, 3.63) is 34.1 Å². The van der Waals surface area contributed by atoms with Gasteiger partial charge in [-0.3, -0.25) is 9.80 Å². The van der Waals surface area contributed by atoms with E-state index < -0.39 is 0 Å². The van der Waals surface area contributed by atoms with E-state index in [1.54, 1.807) is 0 Å². The minimum atomic E-state index is 0.0969. The second-order valence-corrected chi connectivity index (χ2v) is 6.95. The lowest BCUT2D eigenvalue weighted by Gasteiger charge is -2.37. The zero-order valence-electron chi connectivity index (χ0n) is 13.9. The molecule has 126 valence electrons. The van der Waals surface area contributed by atoms with Crippen LogP contribution in [0.25, 0.3) is 0 Å². The van der Waals surface area contributed by atoms with Gasteiger partial charge in [0.15, 0.2) is 5.82 Å². The molecule has 0 aromatic carbocycles. The van der Waals surface area contributed by atoms with Gasteiger partial charge in [0.2, 0.25) is 5.89 Å². The Hall–Kier alpha value is -1.28. The van der Waals surface area contributed by atoms with Gasteiger partial charge in [0, 0.05) is 24.5 Å². The molecule has 3 rings (SSSR count). The number of hydrogen-bond acceptors (Lipinski definition) is 7. The van der Waals surface area contributed by atoms with E-state index in [0.29, 0.717) is 17.8 Å². The number of hydrogen-bond donors (Lipinski definition) is 0. The SMILES string of the molecule is Cc1noc([C@H](C)N(C)C[C@@H](c2cccs2)N2CCOCC2)n1. The summed E-state index contributed by atoms with van der Waals surface area (Å²) in [5.74, 6) is 1.36. The molecule has 7 heteroatoms. The molecule has 2 aromatic heterocycles. The van der Waals surface area contributed by atoms with Gasteiger partial charge in [-0.2, -0.15) is 4.98 Å². The smallest absolute Gasteiger partial charge is 0.243 e. The highest BCUT2D eigenvalue weighted by atomic mass is 32.1. The summed E-state index contributed by atoms with van der Waals surface area (Å²) in [5, 5.41) is 6.05. The molecule has 0 amide bonds. The lowest BCUT2D eigenvalue weighted by molar-refractivity contribution is 0.00666. The molecule has 3 heterocycles. The minimum Gasteiger partial charge on any atom is -0.379 e. The zero-order valence-corrected chi connectivity index (χ0v) is 14.8. The normalized spacial score (nSPS) is 19.1. The fourth-order valence-corrected chi connectivity index (χ4v) is 3.71. The summed E-state index contributed by atoms with van der Waals surface area (Å²) in [4.78, 5) is 10.6. The van der Waals surface area contributed by atoms with Crippen LogP contribution in [0.1, 0.15) is 35.6 Å². The molecule has 1 aliphatic heterocycles. The summed E-state index contributed by atoms with van der Waals surface area (Å²) in [7, 11) is 2.12. The molecule has 0 radical (unpaired) electrons. The largest absolute Gasteiger partial charge is 0.379 e. The van der Waals surface area contributed by atoms with Gasteiger partial charge in [0.05, 0.1) is 25.3 Å². The maximum Gasteiger partial charge on any atom is 0.243 e. The van der Waals surface area contributed by atoms with Crippen LogP contribution in [-0.2, 0) is 4.74 Å². The standard InChI is InChI=1S/C16H24N4O2S/c1-12(16-17-13(2)18-22-16)19(3)11-14(15-5-4-10-23-15)20-6-8-21-9-7-20/h4-5,10,12,14H,6-9,11H2,1-3H3/t12-,14-/m0/s1. The predicted octanol–water partition coefficient (Wildman–Crippen LogP) is 2.51. The van der Waals surface area contributed by atoms with Gasteiger partial charge in [-0.25, -0.2) is 0 Å². The predicted molar refractivity (Wildman–Crippen MR) is 89.5 cm³/mol. The molecule has 2 aromatic rings. The van der Waals surface area contributed by atoms with E-state index in [4.69, 9.17) is 9.26 Å². The Bertz CT molecular complexity index is 595. The molecule has 2 atom stereocenters. The van der Waals surface area contributed by atoms with Crippen molar-refractivity contribution in [2.75, 3.05) is 39.9 Å². The van der Waals surface area contributed by atoms with Gasteiger partial charge in [0.1, 0.15) is 0 Å². The van der Waals surface area contributed by atoms with Crippen LogP contribution in [0.2, 0.25) is 0 Å². The average Bonchev–Trinajstić information content (AvgIpc) is 3.24. The van der Waals surface area contributed by atoms with Gasteiger partial charge in [-0.05, 0) is 32.3 Å². The summed E-state index contributed by atoms with van der Waals surface area (Å²) in [6.45, 7) is 8.45. The quantitative estimate of drug-likeness (QED) is 0.808. The Morgan fingerprint density at radius 2 is 2.17 bits per heavy atom. The van der Waals surface area contributed by atoms with Gasteiger partial charge in [-0.1, -0.05) is 11.2 Å². The van der Waals surface area contributed by atoms with E-state index in [2.05, 4.69) is 51.4 Å². The second kappa shape index (κ2) is 7.53. The van der Waals surface area contributed by atoms with Crippen LogP contribution in [0, 0.1) is 6.92 Å². The molecule has 6 nitrogen and oxygen atoms in total. The topological polar surface area (TPSA) is 54.6 Å². The second-order valence-electron chi connectivity index (χ2n) is 5.97. The fraction of sp³-hybridized carbons (Fsp3) is 0.625. The maximum absolute atomic E-state index is 5.51. The number of thiophene rings is 1. The van der Waals surface area contributed by atoms with Crippen LogP contribution in [0.4, 0.5) is 0 Å². The minimum absolute atomic E-state index is 0.0969. The Kier molecular flexibility index (Phi) is 5.42.